The second kappa shape index (κ2) is 6.81. The van der Waals surface area contributed by atoms with Crippen molar-refractivity contribution in [3.8, 4) is 23.3 Å². The smallest absolute Gasteiger partial charge is 0.298 e. The Morgan fingerprint density at radius 2 is 2.22 bits per heavy atom. The molecule has 8 nitrogen and oxygen atoms in total. The highest BCUT2D eigenvalue weighted by Gasteiger charge is 2.20. The zero-order valence-corrected chi connectivity index (χ0v) is 14.4. The number of nitrogens with one attached hydrogen (secondary N) is 1. The van der Waals surface area contributed by atoms with E-state index in [1.807, 2.05) is 4.68 Å². The van der Waals surface area contributed by atoms with Gasteiger partial charge < -0.3 is 14.3 Å². The van der Waals surface area contributed by atoms with Gasteiger partial charge in [0.15, 0.2) is 10.4 Å². The fraction of sp³-hybridized carbons (Fsp3) is 0.385. The molecule has 3 aromatic heterocycles. The van der Waals surface area contributed by atoms with E-state index < -0.39 is 0 Å². The van der Waals surface area contributed by atoms with Gasteiger partial charge in [-0.25, -0.2) is 9.67 Å². The summed E-state index contributed by atoms with van der Waals surface area (Å²) in [5.74, 6) is 1.61. The number of halogens is 2. The molecular weight excluding hydrogens is 388 g/mol. The summed E-state index contributed by atoms with van der Waals surface area (Å²) < 4.78 is 13.1. The first-order chi connectivity index (χ1) is 10.8. The Bertz CT molecular complexity index is 779. The van der Waals surface area contributed by atoms with E-state index in [-0.39, 0.29) is 18.3 Å². The second-order valence-electron chi connectivity index (χ2n) is 5.08. The van der Waals surface area contributed by atoms with Crippen LogP contribution in [-0.2, 0) is 0 Å². The molecule has 1 atom stereocenters. The summed E-state index contributed by atoms with van der Waals surface area (Å²) in [6.45, 7) is 1.96. The highest BCUT2D eigenvalue weighted by atomic mass is 79.9. The molecule has 10 heteroatoms. The van der Waals surface area contributed by atoms with Crippen LogP contribution in [0, 0.1) is 0 Å². The van der Waals surface area contributed by atoms with Gasteiger partial charge in [-0.2, -0.15) is 4.98 Å². The molecule has 0 amide bonds. The number of rotatable bonds is 3. The summed E-state index contributed by atoms with van der Waals surface area (Å²) in [6.07, 6.45) is 3.93. The minimum Gasteiger partial charge on any atom is -0.446 e. The molecule has 0 bridgehead atoms. The van der Waals surface area contributed by atoms with Gasteiger partial charge in [0.2, 0.25) is 11.6 Å². The first-order valence-corrected chi connectivity index (χ1v) is 7.80. The number of hydrogen-bond acceptors (Lipinski definition) is 7. The first kappa shape index (κ1) is 16.2. The van der Waals surface area contributed by atoms with E-state index in [9.17, 15) is 0 Å². The van der Waals surface area contributed by atoms with Crippen LogP contribution >= 0.6 is 28.3 Å². The standard InChI is InChI=1S/C13H13BrN6O2.ClH/c14-10-4-3-9(21-10)11-17-13(22-19-11)12-16-7-20(18-12)8-2-1-5-15-6-8;/h3-4,7-8,15H,1-2,5-6H2;1H. The molecule has 1 saturated heterocycles. The van der Waals surface area contributed by atoms with Crippen molar-refractivity contribution >= 4 is 28.3 Å². The zero-order valence-electron chi connectivity index (χ0n) is 12.0. The Morgan fingerprint density at radius 3 is 2.96 bits per heavy atom. The van der Waals surface area contributed by atoms with Crippen molar-refractivity contribution in [2.75, 3.05) is 13.1 Å². The molecular formula is C13H14BrClN6O2. The van der Waals surface area contributed by atoms with Crippen LogP contribution in [0.15, 0.2) is 32.1 Å². The second-order valence-corrected chi connectivity index (χ2v) is 5.86. The third kappa shape index (κ3) is 3.31. The number of furan rings is 1. The van der Waals surface area contributed by atoms with Crippen molar-refractivity contribution in [1.82, 2.24) is 30.2 Å². The van der Waals surface area contributed by atoms with Gasteiger partial charge in [0.1, 0.15) is 6.33 Å². The van der Waals surface area contributed by atoms with Crippen LogP contribution in [0.1, 0.15) is 18.9 Å². The molecule has 1 fully saturated rings. The molecule has 0 aliphatic carbocycles. The maximum Gasteiger partial charge on any atom is 0.298 e. The summed E-state index contributed by atoms with van der Waals surface area (Å²) >= 11 is 3.24. The third-order valence-electron chi connectivity index (χ3n) is 3.56. The quantitative estimate of drug-likeness (QED) is 0.721. The van der Waals surface area contributed by atoms with E-state index in [1.165, 1.54) is 0 Å². The number of piperidine rings is 1. The van der Waals surface area contributed by atoms with Gasteiger partial charge in [0.05, 0.1) is 6.04 Å². The van der Waals surface area contributed by atoms with Crippen LogP contribution in [-0.4, -0.2) is 38.0 Å². The minimum atomic E-state index is 0. The van der Waals surface area contributed by atoms with Crippen LogP contribution in [0.3, 0.4) is 0 Å². The lowest BCUT2D eigenvalue weighted by Crippen LogP contribution is -2.31. The van der Waals surface area contributed by atoms with Gasteiger partial charge >= 0.3 is 0 Å². The highest BCUT2D eigenvalue weighted by Crippen LogP contribution is 2.24. The van der Waals surface area contributed by atoms with Crippen LogP contribution < -0.4 is 5.32 Å². The monoisotopic (exact) mass is 400 g/mol. The summed E-state index contributed by atoms with van der Waals surface area (Å²) in [5, 5.41) is 11.7. The maximum atomic E-state index is 5.40. The molecule has 0 saturated carbocycles. The summed E-state index contributed by atoms with van der Waals surface area (Å²) in [5.41, 5.74) is 0. The van der Waals surface area contributed by atoms with Crippen molar-refractivity contribution in [2.45, 2.75) is 18.9 Å². The fourth-order valence-electron chi connectivity index (χ4n) is 2.46. The van der Waals surface area contributed by atoms with Crippen LogP contribution in [0.25, 0.3) is 23.3 Å². The van der Waals surface area contributed by atoms with Crippen molar-refractivity contribution in [3.63, 3.8) is 0 Å². The highest BCUT2D eigenvalue weighted by molar-refractivity contribution is 9.10. The molecule has 1 N–H and O–H groups in total. The molecule has 4 rings (SSSR count). The molecule has 23 heavy (non-hydrogen) atoms. The topological polar surface area (TPSA) is 94.8 Å². The largest absolute Gasteiger partial charge is 0.446 e. The average Bonchev–Trinajstić information content (AvgIpc) is 3.27. The third-order valence-corrected chi connectivity index (χ3v) is 3.99. The SMILES string of the molecule is Brc1ccc(-c2noc(-c3ncn(C4CCCNC4)n3)n2)o1.Cl. The molecule has 1 aliphatic rings. The zero-order chi connectivity index (χ0) is 14.9. The van der Waals surface area contributed by atoms with E-state index >= 15 is 0 Å². The van der Waals surface area contributed by atoms with Gasteiger partial charge in [-0.1, -0.05) is 5.16 Å². The van der Waals surface area contributed by atoms with Crippen LogP contribution in [0.2, 0.25) is 0 Å². The predicted molar refractivity (Wildman–Crippen MR) is 87.1 cm³/mol. The number of nitrogens with zero attached hydrogens (tertiary/aromatic N) is 5. The Balaban J connectivity index is 0.00000156. The first-order valence-electron chi connectivity index (χ1n) is 7.01. The van der Waals surface area contributed by atoms with E-state index in [0.717, 1.165) is 25.9 Å². The molecule has 3 aromatic rings. The summed E-state index contributed by atoms with van der Waals surface area (Å²) in [4.78, 5) is 8.54. The lowest BCUT2D eigenvalue weighted by atomic mass is 10.1. The van der Waals surface area contributed by atoms with Gasteiger partial charge in [-0.05, 0) is 47.4 Å². The van der Waals surface area contributed by atoms with Gasteiger partial charge in [0.25, 0.3) is 5.89 Å². The predicted octanol–water partition coefficient (Wildman–Crippen LogP) is 2.70. The Morgan fingerprint density at radius 1 is 1.30 bits per heavy atom. The van der Waals surface area contributed by atoms with Crippen molar-refractivity contribution in [1.29, 1.82) is 0 Å². The maximum absolute atomic E-state index is 5.40. The van der Waals surface area contributed by atoms with Crippen molar-refractivity contribution in [2.24, 2.45) is 0 Å². The van der Waals surface area contributed by atoms with Crippen LogP contribution in [0.5, 0.6) is 0 Å². The Hall–Kier alpha value is -1.71. The molecule has 122 valence electrons. The van der Waals surface area contributed by atoms with Crippen LogP contribution in [0.4, 0.5) is 0 Å². The molecule has 0 aromatic carbocycles. The van der Waals surface area contributed by atoms with Gasteiger partial charge in [0, 0.05) is 6.54 Å². The average molecular weight is 402 g/mol. The van der Waals surface area contributed by atoms with Gasteiger partial charge in [-0.15, -0.1) is 17.5 Å². The van der Waals surface area contributed by atoms with E-state index in [2.05, 4.69) is 41.5 Å². The van der Waals surface area contributed by atoms with E-state index in [4.69, 9.17) is 8.94 Å². The normalized spacial score (nSPS) is 17.9. The minimum absolute atomic E-state index is 0. The summed E-state index contributed by atoms with van der Waals surface area (Å²) in [6, 6.07) is 3.85. The number of hydrogen-bond donors (Lipinski definition) is 1. The summed E-state index contributed by atoms with van der Waals surface area (Å²) in [7, 11) is 0. The molecule has 1 aliphatic heterocycles. The van der Waals surface area contributed by atoms with Crippen molar-refractivity contribution < 1.29 is 8.94 Å². The Kier molecular flexibility index (Phi) is 4.79. The lowest BCUT2D eigenvalue weighted by Gasteiger charge is -2.22. The van der Waals surface area contributed by atoms with E-state index in [0.29, 0.717) is 28.1 Å². The molecule has 1 unspecified atom stereocenters. The number of aromatic nitrogens is 5. The molecule has 0 radical (unpaired) electrons. The van der Waals surface area contributed by atoms with E-state index in [1.54, 1.807) is 18.5 Å². The van der Waals surface area contributed by atoms with Gasteiger partial charge in [-0.3, -0.25) is 0 Å². The molecule has 4 heterocycles. The lowest BCUT2D eigenvalue weighted by molar-refractivity contribution is 0.345. The fourth-order valence-corrected chi connectivity index (χ4v) is 2.76. The molecule has 0 spiro atoms. The van der Waals surface area contributed by atoms with Crippen molar-refractivity contribution in [3.05, 3.63) is 23.1 Å². The Labute approximate surface area is 146 Å².